The van der Waals surface area contributed by atoms with Crippen LogP contribution in [0.25, 0.3) is 5.69 Å². The maximum absolute atomic E-state index is 12.3. The van der Waals surface area contributed by atoms with Crippen molar-refractivity contribution in [1.29, 1.82) is 0 Å². The smallest absolute Gasteiger partial charge is 0.271 e. The molecule has 0 atom stereocenters. The van der Waals surface area contributed by atoms with Crippen molar-refractivity contribution in [3.63, 3.8) is 0 Å². The maximum atomic E-state index is 12.3. The van der Waals surface area contributed by atoms with Crippen molar-refractivity contribution in [2.45, 2.75) is 25.2 Å². The first kappa shape index (κ1) is 16.5. The van der Waals surface area contributed by atoms with Gasteiger partial charge in [-0.05, 0) is 49.6 Å². The number of methoxy groups -OCH3 is 2. The molecule has 1 fully saturated rings. The van der Waals surface area contributed by atoms with Crippen LogP contribution in [0.15, 0.2) is 30.3 Å². The van der Waals surface area contributed by atoms with Crippen LogP contribution in [-0.2, 0) is 4.74 Å². The minimum atomic E-state index is -0.139. The molecule has 1 heterocycles. The Hall–Kier alpha value is -2.34. The summed E-state index contributed by atoms with van der Waals surface area (Å²) in [5, 5.41) is 7.42. The first-order valence-electron chi connectivity index (χ1n) is 8.24. The molecule has 24 heavy (non-hydrogen) atoms. The van der Waals surface area contributed by atoms with E-state index in [1.165, 1.54) is 0 Å². The van der Waals surface area contributed by atoms with Crippen LogP contribution in [-0.4, -0.2) is 43.1 Å². The van der Waals surface area contributed by atoms with Crippen molar-refractivity contribution in [3.8, 4) is 11.4 Å². The van der Waals surface area contributed by atoms with Gasteiger partial charge < -0.3 is 14.8 Å². The van der Waals surface area contributed by atoms with Crippen molar-refractivity contribution < 1.29 is 14.3 Å². The number of nitrogens with one attached hydrogen (secondary N) is 1. The lowest BCUT2D eigenvalue weighted by atomic mass is 10.2. The van der Waals surface area contributed by atoms with Crippen LogP contribution < -0.4 is 10.1 Å². The van der Waals surface area contributed by atoms with Gasteiger partial charge in [0.15, 0.2) is 5.69 Å². The molecule has 0 bridgehead atoms. The van der Waals surface area contributed by atoms with E-state index >= 15 is 0 Å². The lowest BCUT2D eigenvalue weighted by Gasteiger charge is -2.07. The molecule has 1 aromatic carbocycles. The van der Waals surface area contributed by atoms with E-state index < -0.39 is 0 Å². The average molecular weight is 329 g/mol. The number of carbonyl (C=O) groups is 1. The van der Waals surface area contributed by atoms with E-state index in [4.69, 9.17) is 9.47 Å². The summed E-state index contributed by atoms with van der Waals surface area (Å²) in [6.45, 7) is 1.22. The largest absolute Gasteiger partial charge is 0.497 e. The van der Waals surface area contributed by atoms with Gasteiger partial charge in [-0.3, -0.25) is 4.79 Å². The molecule has 1 amide bonds. The molecule has 0 saturated heterocycles. The number of ether oxygens (including phenoxy) is 2. The van der Waals surface area contributed by atoms with E-state index in [1.54, 1.807) is 14.2 Å². The first-order valence-corrected chi connectivity index (χ1v) is 8.24. The molecule has 1 saturated carbocycles. The Morgan fingerprint density at radius 3 is 2.67 bits per heavy atom. The SMILES string of the molecule is COCCCNC(=O)c1cc(C2CC2)n(-c2ccc(OC)cc2)n1. The zero-order valence-electron chi connectivity index (χ0n) is 14.1. The highest BCUT2D eigenvalue weighted by Gasteiger charge is 2.29. The fraction of sp³-hybridized carbons (Fsp3) is 0.444. The molecule has 6 heteroatoms. The summed E-state index contributed by atoms with van der Waals surface area (Å²) < 4.78 is 12.1. The monoisotopic (exact) mass is 329 g/mol. The highest BCUT2D eigenvalue weighted by atomic mass is 16.5. The highest BCUT2D eigenvalue weighted by Crippen LogP contribution is 2.41. The minimum absolute atomic E-state index is 0.139. The van der Waals surface area contributed by atoms with Crippen LogP contribution in [0, 0.1) is 0 Å². The molecule has 2 aromatic rings. The number of carbonyl (C=O) groups excluding carboxylic acids is 1. The Labute approximate surface area is 141 Å². The highest BCUT2D eigenvalue weighted by molar-refractivity contribution is 5.92. The lowest BCUT2D eigenvalue weighted by Crippen LogP contribution is -2.25. The van der Waals surface area contributed by atoms with Crippen molar-refractivity contribution in [2.75, 3.05) is 27.4 Å². The van der Waals surface area contributed by atoms with E-state index in [9.17, 15) is 4.79 Å². The third kappa shape index (κ3) is 3.76. The molecular weight excluding hydrogens is 306 g/mol. The van der Waals surface area contributed by atoms with Crippen molar-refractivity contribution in [3.05, 3.63) is 41.7 Å². The number of aromatic nitrogens is 2. The van der Waals surface area contributed by atoms with Gasteiger partial charge in [-0.15, -0.1) is 0 Å². The second-order valence-electron chi connectivity index (χ2n) is 5.94. The summed E-state index contributed by atoms with van der Waals surface area (Å²) >= 11 is 0. The van der Waals surface area contributed by atoms with Gasteiger partial charge in [0.1, 0.15) is 5.75 Å². The molecule has 1 N–H and O–H groups in total. The normalized spacial score (nSPS) is 13.8. The maximum Gasteiger partial charge on any atom is 0.271 e. The van der Waals surface area contributed by atoms with Crippen molar-refractivity contribution in [1.82, 2.24) is 15.1 Å². The molecule has 6 nitrogen and oxygen atoms in total. The second-order valence-corrected chi connectivity index (χ2v) is 5.94. The van der Waals surface area contributed by atoms with E-state index in [-0.39, 0.29) is 5.91 Å². The van der Waals surface area contributed by atoms with Crippen LogP contribution in [0.2, 0.25) is 0 Å². The summed E-state index contributed by atoms with van der Waals surface area (Å²) in [5.74, 6) is 1.16. The molecule has 0 spiro atoms. The number of rotatable bonds is 8. The number of amides is 1. The van der Waals surface area contributed by atoms with Gasteiger partial charge in [0, 0.05) is 31.9 Å². The Morgan fingerprint density at radius 1 is 1.29 bits per heavy atom. The zero-order chi connectivity index (χ0) is 16.9. The van der Waals surface area contributed by atoms with Crippen LogP contribution in [0.1, 0.15) is 41.4 Å². The van der Waals surface area contributed by atoms with Crippen molar-refractivity contribution >= 4 is 5.91 Å². The summed E-state index contributed by atoms with van der Waals surface area (Å²) in [4.78, 5) is 12.3. The topological polar surface area (TPSA) is 65.4 Å². The summed E-state index contributed by atoms with van der Waals surface area (Å²) in [7, 11) is 3.30. The van der Waals surface area contributed by atoms with Gasteiger partial charge >= 0.3 is 0 Å². The fourth-order valence-electron chi connectivity index (χ4n) is 2.62. The van der Waals surface area contributed by atoms with E-state index in [1.807, 2.05) is 35.0 Å². The molecule has 128 valence electrons. The standard InChI is InChI=1S/C18H23N3O3/c1-23-11-3-10-19-18(22)16-12-17(13-4-5-13)21(20-16)14-6-8-15(24-2)9-7-14/h6-9,12-13H,3-5,10-11H2,1-2H3,(H,19,22). The van der Waals surface area contributed by atoms with E-state index in [0.717, 1.165) is 36.4 Å². The lowest BCUT2D eigenvalue weighted by molar-refractivity contribution is 0.0943. The van der Waals surface area contributed by atoms with Crippen LogP contribution in [0.3, 0.4) is 0 Å². The third-order valence-electron chi connectivity index (χ3n) is 4.09. The Morgan fingerprint density at radius 2 is 2.04 bits per heavy atom. The molecule has 0 radical (unpaired) electrons. The minimum Gasteiger partial charge on any atom is -0.497 e. The van der Waals surface area contributed by atoms with Gasteiger partial charge in [0.2, 0.25) is 0 Å². The zero-order valence-corrected chi connectivity index (χ0v) is 14.1. The summed E-state index contributed by atoms with van der Waals surface area (Å²) in [6.07, 6.45) is 3.09. The molecule has 3 rings (SSSR count). The Kier molecular flexibility index (Phi) is 5.15. The molecule has 1 aliphatic carbocycles. The number of hydrogen-bond acceptors (Lipinski definition) is 4. The Bertz CT molecular complexity index is 690. The van der Waals surface area contributed by atoms with E-state index in [0.29, 0.717) is 24.8 Å². The van der Waals surface area contributed by atoms with Gasteiger partial charge in [-0.25, -0.2) is 4.68 Å². The number of benzene rings is 1. The summed E-state index contributed by atoms with van der Waals surface area (Å²) in [5.41, 5.74) is 2.50. The molecule has 0 unspecified atom stereocenters. The first-order chi connectivity index (χ1) is 11.7. The molecule has 0 aliphatic heterocycles. The molecule has 1 aliphatic rings. The van der Waals surface area contributed by atoms with Gasteiger partial charge in [0.25, 0.3) is 5.91 Å². The Balaban J connectivity index is 1.78. The van der Waals surface area contributed by atoms with Crippen LogP contribution >= 0.6 is 0 Å². The third-order valence-corrected chi connectivity index (χ3v) is 4.09. The van der Waals surface area contributed by atoms with Gasteiger partial charge in [-0.2, -0.15) is 5.10 Å². The predicted molar refractivity (Wildman–Crippen MR) is 90.9 cm³/mol. The van der Waals surface area contributed by atoms with Crippen LogP contribution in [0.4, 0.5) is 0 Å². The quantitative estimate of drug-likeness (QED) is 0.756. The number of hydrogen-bond donors (Lipinski definition) is 1. The molecular formula is C18H23N3O3. The van der Waals surface area contributed by atoms with E-state index in [2.05, 4.69) is 10.4 Å². The molecule has 1 aromatic heterocycles. The van der Waals surface area contributed by atoms with Crippen LogP contribution in [0.5, 0.6) is 5.75 Å². The summed E-state index contributed by atoms with van der Waals surface area (Å²) in [6, 6.07) is 9.62. The van der Waals surface area contributed by atoms with Gasteiger partial charge in [0.05, 0.1) is 12.8 Å². The fourth-order valence-corrected chi connectivity index (χ4v) is 2.62. The second kappa shape index (κ2) is 7.49. The average Bonchev–Trinajstić information content (AvgIpc) is 3.37. The number of nitrogens with zero attached hydrogens (tertiary/aromatic N) is 2. The predicted octanol–water partition coefficient (Wildman–Crippen LogP) is 2.52. The van der Waals surface area contributed by atoms with Gasteiger partial charge in [-0.1, -0.05) is 0 Å². The van der Waals surface area contributed by atoms with Crippen molar-refractivity contribution in [2.24, 2.45) is 0 Å².